The van der Waals surface area contributed by atoms with Gasteiger partial charge >= 0.3 is 6.18 Å². The zero-order valence-electron chi connectivity index (χ0n) is 19.2. The van der Waals surface area contributed by atoms with Crippen LogP contribution in [0.25, 0.3) is 5.57 Å². The summed E-state index contributed by atoms with van der Waals surface area (Å²) in [6.45, 7) is 6.61. The summed E-state index contributed by atoms with van der Waals surface area (Å²) in [5, 5.41) is 12.5. The summed E-state index contributed by atoms with van der Waals surface area (Å²) in [6.07, 6.45) is -2.75. The molecule has 1 aliphatic heterocycles. The van der Waals surface area contributed by atoms with Crippen molar-refractivity contribution < 1.29 is 37.7 Å². The average Bonchev–Trinajstić information content (AvgIpc) is 3.57. The predicted molar refractivity (Wildman–Crippen MR) is 118 cm³/mol. The zero-order chi connectivity index (χ0) is 25.1. The molecule has 0 atom stereocenters. The Morgan fingerprint density at radius 1 is 1.06 bits per heavy atom. The van der Waals surface area contributed by atoms with E-state index in [1.807, 2.05) is 0 Å². The lowest BCUT2D eigenvalue weighted by molar-refractivity contribution is -0.380. The van der Waals surface area contributed by atoms with Gasteiger partial charge in [-0.15, -0.1) is 0 Å². The van der Waals surface area contributed by atoms with Crippen molar-refractivity contribution in [2.75, 3.05) is 0 Å². The van der Waals surface area contributed by atoms with Gasteiger partial charge in [0.25, 0.3) is 5.69 Å². The second-order valence-corrected chi connectivity index (χ2v) is 9.61. The average molecular weight is 476 g/mol. The molecule has 2 N–H and O–H groups in total. The second-order valence-electron chi connectivity index (χ2n) is 9.61. The van der Waals surface area contributed by atoms with E-state index >= 15 is 0 Å². The molecule has 0 radical (unpaired) electrons. The van der Waals surface area contributed by atoms with Gasteiger partial charge in [0.1, 0.15) is 22.7 Å². The summed E-state index contributed by atoms with van der Waals surface area (Å²) in [7, 11) is 0. The van der Waals surface area contributed by atoms with E-state index in [2.05, 4.69) is 0 Å². The van der Waals surface area contributed by atoms with E-state index in [0.29, 0.717) is 11.6 Å². The molecule has 0 aromatic heterocycles. The van der Waals surface area contributed by atoms with Crippen LogP contribution in [0.1, 0.15) is 63.1 Å². The fourth-order valence-electron chi connectivity index (χ4n) is 4.26. The summed E-state index contributed by atoms with van der Waals surface area (Å²) >= 11 is 0. The molecule has 1 fully saturated rings. The first kappa shape index (κ1) is 23.9. The van der Waals surface area contributed by atoms with E-state index in [4.69, 9.17) is 9.47 Å². The molecular formula is C25H25F3NO5+. The minimum absolute atomic E-state index is 0.106. The largest absolute Gasteiger partial charge is 0.508 e. The van der Waals surface area contributed by atoms with Gasteiger partial charge in [-0.1, -0.05) is 6.07 Å². The Labute approximate surface area is 194 Å². The number of ether oxygens (including phenoxy) is 2. The quantitative estimate of drug-likeness (QED) is 0.613. The molecule has 4 rings (SSSR count). The van der Waals surface area contributed by atoms with E-state index in [1.54, 1.807) is 45.9 Å². The summed E-state index contributed by atoms with van der Waals surface area (Å²) in [5.41, 5.74) is -2.19. The lowest BCUT2D eigenvalue weighted by atomic mass is 9.81. The van der Waals surface area contributed by atoms with Crippen LogP contribution in [-0.2, 0) is 15.7 Å². The van der Waals surface area contributed by atoms with Crippen LogP contribution in [0.5, 0.6) is 11.5 Å². The number of aliphatic hydroxyl groups excluding tert-OH is 1. The molecule has 0 unspecified atom stereocenters. The summed E-state index contributed by atoms with van der Waals surface area (Å²) in [6, 6.07) is 7.52. The SMILES string of the molecule is CC1(C)OC(C)(C)C(O)=C(c2cc(Oc3ccc(C(F)(F)F)cc3[NH+]=O)ccc2C2CC2)C1=O. The Bertz CT molecular complexity index is 1210. The van der Waals surface area contributed by atoms with Crippen LogP contribution in [0.4, 0.5) is 18.9 Å². The van der Waals surface area contributed by atoms with Gasteiger partial charge in [0, 0.05) is 16.2 Å². The number of halogens is 3. The maximum Gasteiger partial charge on any atom is 0.416 e. The van der Waals surface area contributed by atoms with Crippen LogP contribution < -0.4 is 9.91 Å². The molecule has 9 heteroatoms. The van der Waals surface area contributed by atoms with E-state index in [0.717, 1.165) is 30.5 Å². The lowest BCUT2D eigenvalue weighted by Crippen LogP contribution is -2.56. The molecular weight excluding hydrogens is 451 g/mol. The number of benzene rings is 2. The van der Waals surface area contributed by atoms with Crippen molar-refractivity contribution in [2.24, 2.45) is 0 Å². The molecule has 2 aromatic carbocycles. The Morgan fingerprint density at radius 3 is 2.32 bits per heavy atom. The van der Waals surface area contributed by atoms with Crippen LogP contribution in [-0.4, -0.2) is 22.1 Å². The van der Waals surface area contributed by atoms with Gasteiger partial charge in [-0.05, 0) is 81.8 Å². The van der Waals surface area contributed by atoms with Gasteiger partial charge in [-0.2, -0.15) is 13.2 Å². The molecule has 34 heavy (non-hydrogen) atoms. The Kier molecular flexibility index (Phi) is 5.59. The first-order valence-electron chi connectivity index (χ1n) is 10.8. The molecule has 0 bridgehead atoms. The number of alkyl halides is 3. The van der Waals surface area contributed by atoms with Crippen LogP contribution in [0.2, 0.25) is 0 Å². The van der Waals surface area contributed by atoms with E-state index < -0.39 is 22.9 Å². The van der Waals surface area contributed by atoms with Gasteiger partial charge in [0.2, 0.25) is 5.75 Å². The van der Waals surface area contributed by atoms with Crippen molar-refractivity contribution in [1.82, 2.24) is 0 Å². The highest BCUT2D eigenvalue weighted by Crippen LogP contribution is 2.48. The van der Waals surface area contributed by atoms with Gasteiger partial charge in [0.05, 0.1) is 11.1 Å². The third kappa shape index (κ3) is 4.32. The first-order chi connectivity index (χ1) is 15.7. The fraction of sp³-hybridized carbons (Fsp3) is 0.400. The molecule has 1 heterocycles. The number of ketones is 1. The third-order valence-corrected chi connectivity index (χ3v) is 6.05. The normalized spacial score (nSPS) is 19.8. The highest BCUT2D eigenvalue weighted by Gasteiger charge is 2.48. The third-order valence-electron chi connectivity index (χ3n) is 6.05. The maximum absolute atomic E-state index is 13.3. The molecule has 1 aliphatic carbocycles. The molecule has 0 spiro atoms. The summed E-state index contributed by atoms with van der Waals surface area (Å²) in [4.78, 5) is 24.6. The summed E-state index contributed by atoms with van der Waals surface area (Å²) < 4.78 is 50.6. The summed E-state index contributed by atoms with van der Waals surface area (Å²) in [5.74, 6) is -0.278. The van der Waals surface area contributed by atoms with Crippen LogP contribution >= 0.6 is 0 Å². The Morgan fingerprint density at radius 2 is 1.74 bits per heavy atom. The topological polar surface area (TPSA) is 86.8 Å². The number of hydrogen-bond acceptors (Lipinski definition) is 5. The molecule has 6 nitrogen and oxygen atoms in total. The van der Waals surface area contributed by atoms with E-state index in [-0.39, 0.29) is 40.2 Å². The van der Waals surface area contributed by atoms with Crippen LogP contribution in [0.3, 0.4) is 0 Å². The number of Topliss-reactive ketones (excluding diaryl/α,β-unsaturated/α-hetero) is 1. The number of nitrogens with one attached hydrogen (secondary N) is 1. The molecule has 1 saturated carbocycles. The van der Waals surface area contributed by atoms with E-state index in [9.17, 15) is 28.0 Å². The Balaban J connectivity index is 1.81. The smallest absolute Gasteiger partial charge is 0.416 e. The number of carbonyl (C=O) groups excluding carboxylic acids is 1. The van der Waals surface area contributed by atoms with Gasteiger partial charge in [-0.3, -0.25) is 4.79 Å². The van der Waals surface area contributed by atoms with Crippen molar-refractivity contribution in [1.29, 1.82) is 0 Å². The van der Waals surface area contributed by atoms with Gasteiger partial charge in [-0.25, -0.2) is 0 Å². The van der Waals surface area contributed by atoms with Gasteiger partial charge < -0.3 is 14.6 Å². The lowest BCUT2D eigenvalue weighted by Gasteiger charge is -2.40. The van der Waals surface area contributed by atoms with Crippen LogP contribution in [0, 0.1) is 4.91 Å². The minimum atomic E-state index is -4.61. The molecule has 0 amide bonds. The van der Waals surface area contributed by atoms with Crippen molar-refractivity contribution >= 4 is 17.0 Å². The zero-order valence-corrected chi connectivity index (χ0v) is 19.2. The van der Waals surface area contributed by atoms with Crippen molar-refractivity contribution in [3.8, 4) is 11.5 Å². The highest BCUT2D eigenvalue weighted by atomic mass is 19.4. The number of carbonyl (C=O) groups is 1. The monoisotopic (exact) mass is 476 g/mol. The molecule has 2 aromatic rings. The number of nitroso groups, excluding NO2 is 1. The molecule has 2 aliphatic rings. The predicted octanol–water partition coefficient (Wildman–Crippen LogP) is 5.28. The number of rotatable bonds is 5. The van der Waals surface area contributed by atoms with Crippen molar-refractivity contribution in [3.63, 3.8) is 0 Å². The molecule has 180 valence electrons. The van der Waals surface area contributed by atoms with Crippen molar-refractivity contribution in [2.45, 2.75) is 63.8 Å². The minimum Gasteiger partial charge on any atom is -0.508 e. The van der Waals surface area contributed by atoms with Crippen molar-refractivity contribution in [3.05, 3.63) is 63.8 Å². The van der Waals surface area contributed by atoms with Gasteiger partial charge in [0.15, 0.2) is 5.78 Å². The van der Waals surface area contributed by atoms with E-state index in [1.165, 1.54) is 5.18 Å². The number of aliphatic hydroxyl groups is 1. The number of hydrogen-bond donors (Lipinski definition) is 2. The maximum atomic E-state index is 13.3. The fourth-order valence-corrected chi connectivity index (χ4v) is 4.26. The first-order valence-corrected chi connectivity index (χ1v) is 10.8. The second kappa shape index (κ2) is 7.94. The highest BCUT2D eigenvalue weighted by molar-refractivity contribution is 6.26. The Hall–Kier alpha value is -3.20. The van der Waals surface area contributed by atoms with Crippen LogP contribution in [0.15, 0.2) is 42.2 Å². The molecule has 0 saturated heterocycles. The standard InChI is InChI=1S/C25H24F3NO5/c1-23(2)21(30)20(22(31)24(3,4)34-23)17-12-15(8-9-16(17)13-5-6-13)33-19-10-7-14(25(26,27)28)11-18(19)29-32/h7-13,30H,5-6H2,1-4H3/p+1.